The molecule has 1 aliphatic heterocycles. The van der Waals surface area contributed by atoms with Gasteiger partial charge in [-0.05, 0) is 27.7 Å². The molecule has 0 fully saturated rings. The van der Waals surface area contributed by atoms with Crippen LogP contribution in [0.4, 0.5) is 4.79 Å². The SMILES string of the molecule is CC1=C(C(=O)OC(C)C)C(C)N(C)C(=O)N1C. The number of hydrogen-bond donors (Lipinski definition) is 0. The number of carbonyl (C=O) groups is 2. The van der Waals surface area contributed by atoms with Gasteiger partial charge in [0.1, 0.15) is 0 Å². The molecular weight excluding hydrogens is 220 g/mol. The third kappa shape index (κ3) is 2.43. The fourth-order valence-electron chi connectivity index (χ4n) is 1.82. The van der Waals surface area contributed by atoms with E-state index in [-0.39, 0.29) is 24.1 Å². The van der Waals surface area contributed by atoms with E-state index in [0.717, 1.165) is 0 Å². The summed E-state index contributed by atoms with van der Waals surface area (Å²) >= 11 is 0. The van der Waals surface area contributed by atoms with E-state index in [1.165, 1.54) is 9.80 Å². The van der Waals surface area contributed by atoms with Crippen molar-refractivity contribution in [3.8, 4) is 0 Å². The summed E-state index contributed by atoms with van der Waals surface area (Å²) in [6.45, 7) is 7.20. The zero-order valence-electron chi connectivity index (χ0n) is 11.3. The van der Waals surface area contributed by atoms with Crippen LogP contribution in [0.15, 0.2) is 11.3 Å². The van der Waals surface area contributed by atoms with Crippen LogP contribution >= 0.6 is 0 Å². The largest absolute Gasteiger partial charge is 0.460 e. The summed E-state index contributed by atoms with van der Waals surface area (Å²) < 4.78 is 5.20. The van der Waals surface area contributed by atoms with Crippen molar-refractivity contribution in [2.24, 2.45) is 0 Å². The van der Waals surface area contributed by atoms with E-state index in [2.05, 4.69) is 0 Å². The summed E-state index contributed by atoms with van der Waals surface area (Å²) in [4.78, 5) is 26.8. The Labute approximate surface area is 102 Å². The third-order valence-electron chi connectivity index (χ3n) is 3.04. The van der Waals surface area contributed by atoms with Gasteiger partial charge in [0.05, 0.1) is 17.7 Å². The number of urea groups is 1. The molecule has 0 aliphatic carbocycles. The molecule has 0 aromatic heterocycles. The molecule has 0 saturated carbocycles. The zero-order valence-corrected chi connectivity index (χ0v) is 11.3. The highest BCUT2D eigenvalue weighted by molar-refractivity contribution is 5.94. The number of allylic oxidation sites excluding steroid dienone is 1. The molecule has 1 rings (SSSR count). The smallest absolute Gasteiger partial charge is 0.338 e. The van der Waals surface area contributed by atoms with Crippen LogP contribution in [0.25, 0.3) is 0 Å². The van der Waals surface area contributed by atoms with Crippen LogP contribution in [-0.4, -0.2) is 48.0 Å². The maximum atomic E-state index is 12.0. The minimum absolute atomic E-state index is 0.115. The lowest BCUT2D eigenvalue weighted by Crippen LogP contribution is -2.50. The topological polar surface area (TPSA) is 49.9 Å². The van der Waals surface area contributed by atoms with Gasteiger partial charge in [0.2, 0.25) is 0 Å². The van der Waals surface area contributed by atoms with Crippen LogP contribution in [0.1, 0.15) is 27.7 Å². The normalized spacial score (nSPS) is 21.4. The summed E-state index contributed by atoms with van der Waals surface area (Å²) in [5.74, 6) is -0.351. The Kier molecular flexibility index (Phi) is 3.80. The Bertz CT molecular complexity index is 374. The highest BCUT2D eigenvalue weighted by atomic mass is 16.5. The summed E-state index contributed by atoms with van der Waals surface area (Å²) in [5, 5.41) is 0. The minimum atomic E-state index is -0.351. The lowest BCUT2D eigenvalue weighted by molar-refractivity contribution is -0.143. The highest BCUT2D eigenvalue weighted by Crippen LogP contribution is 2.24. The van der Waals surface area contributed by atoms with Gasteiger partial charge >= 0.3 is 12.0 Å². The molecule has 0 N–H and O–H groups in total. The van der Waals surface area contributed by atoms with E-state index < -0.39 is 0 Å². The van der Waals surface area contributed by atoms with Gasteiger partial charge in [0, 0.05) is 19.8 Å². The van der Waals surface area contributed by atoms with Gasteiger partial charge in [-0.2, -0.15) is 0 Å². The molecule has 0 aromatic rings. The fraction of sp³-hybridized carbons (Fsp3) is 0.667. The second kappa shape index (κ2) is 4.77. The Morgan fingerprint density at radius 1 is 1.35 bits per heavy atom. The molecule has 96 valence electrons. The number of amides is 2. The maximum Gasteiger partial charge on any atom is 0.338 e. The van der Waals surface area contributed by atoms with Crippen LogP contribution in [0.3, 0.4) is 0 Å². The number of ether oxygens (including phenoxy) is 1. The molecule has 1 unspecified atom stereocenters. The van der Waals surface area contributed by atoms with Crippen molar-refractivity contribution in [3.63, 3.8) is 0 Å². The molecule has 0 saturated heterocycles. The first-order valence-electron chi connectivity index (χ1n) is 5.69. The molecule has 1 atom stereocenters. The van der Waals surface area contributed by atoms with Crippen molar-refractivity contribution in [1.82, 2.24) is 9.80 Å². The van der Waals surface area contributed by atoms with Crippen LogP contribution < -0.4 is 0 Å². The molecule has 5 heteroatoms. The molecule has 2 amide bonds. The first kappa shape index (κ1) is 13.5. The maximum absolute atomic E-state index is 12.0. The Morgan fingerprint density at radius 2 is 1.88 bits per heavy atom. The lowest BCUT2D eigenvalue weighted by Gasteiger charge is -2.37. The van der Waals surface area contributed by atoms with Crippen LogP contribution in [0.5, 0.6) is 0 Å². The third-order valence-corrected chi connectivity index (χ3v) is 3.04. The highest BCUT2D eigenvalue weighted by Gasteiger charge is 2.35. The van der Waals surface area contributed by atoms with Crippen molar-refractivity contribution >= 4 is 12.0 Å². The number of rotatable bonds is 2. The van der Waals surface area contributed by atoms with Crippen molar-refractivity contribution in [3.05, 3.63) is 11.3 Å². The second-order valence-corrected chi connectivity index (χ2v) is 4.58. The van der Waals surface area contributed by atoms with E-state index >= 15 is 0 Å². The number of esters is 1. The second-order valence-electron chi connectivity index (χ2n) is 4.58. The summed E-state index contributed by atoms with van der Waals surface area (Å²) in [7, 11) is 3.33. The Balaban J connectivity index is 3.10. The molecule has 0 bridgehead atoms. The average Bonchev–Trinajstić information content (AvgIpc) is 2.23. The van der Waals surface area contributed by atoms with Crippen LogP contribution in [0.2, 0.25) is 0 Å². The molecule has 17 heavy (non-hydrogen) atoms. The van der Waals surface area contributed by atoms with Crippen molar-refractivity contribution < 1.29 is 14.3 Å². The predicted octanol–water partition coefficient (Wildman–Crippen LogP) is 1.60. The average molecular weight is 240 g/mol. The van der Waals surface area contributed by atoms with E-state index in [0.29, 0.717) is 11.3 Å². The van der Waals surface area contributed by atoms with Gasteiger partial charge < -0.3 is 14.5 Å². The van der Waals surface area contributed by atoms with E-state index in [1.54, 1.807) is 34.9 Å². The van der Waals surface area contributed by atoms with Crippen molar-refractivity contribution in [2.75, 3.05) is 14.1 Å². The number of nitrogens with zero attached hydrogens (tertiary/aromatic N) is 2. The number of hydrogen-bond acceptors (Lipinski definition) is 3. The summed E-state index contributed by atoms with van der Waals surface area (Å²) in [5.41, 5.74) is 1.20. The molecule has 1 aliphatic rings. The lowest BCUT2D eigenvalue weighted by atomic mass is 10.0. The Morgan fingerprint density at radius 3 is 2.35 bits per heavy atom. The van der Waals surface area contributed by atoms with Crippen LogP contribution in [-0.2, 0) is 9.53 Å². The van der Waals surface area contributed by atoms with Gasteiger partial charge in [-0.3, -0.25) is 0 Å². The van der Waals surface area contributed by atoms with Gasteiger partial charge in [-0.15, -0.1) is 0 Å². The zero-order chi connectivity index (χ0) is 13.3. The van der Waals surface area contributed by atoms with Crippen LogP contribution in [0, 0.1) is 0 Å². The van der Waals surface area contributed by atoms with Gasteiger partial charge in [-0.1, -0.05) is 0 Å². The predicted molar refractivity (Wildman–Crippen MR) is 64.3 cm³/mol. The number of likely N-dealkylation sites (N-methyl/N-ethyl adjacent to an activating group) is 1. The summed E-state index contributed by atoms with van der Waals surface area (Å²) in [6, 6.07) is -0.374. The summed E-state index contributed by atoms with van der Waals surface area (Å²) in [6.07, 6.45) is -0.164. The fourth-order valence-corrected chi connectivity index (χ4v) is 1.82. The van der Waals surface area contributed by atoms with Gasteiger partial charge in [-0.25, -0.2) is 9.59 Å². The molecule has 5 nitrogen and oxygen atoms in total. The number of carbonyl (C=O) groups excluding carboxylic acids is 2. The van der Waals surface area contributed by atoms with Gasteiger partial charge in [0.15, 0.2) is 0 Å². The molecule has 0 aromatic carbocycles. The van der Waals surface area contributed by atoms with Crippen molar-refractivity contribution in [2.45, 2.75) is 39.8 Å². The van der Waals surface area contributed by atoms with E-state index in [9.17, 15) is 9.59 Å². The quantitative estimate of drug-likeness (QED) is 0.689. The molecule has 1 heterocycles. The van der Waals surface area contributed by atoms with Gasteiger partial charge in [0.25, 0.3) is 0 Å². The monoisotopic (exact) mass is 240 g/mol. The molecule has 0 radical (unpaired) electrons. The minimum Gasteiger partial charge on any atom is -0.460 e. The van der Waals surface area contributed by atoms with E-state index in [1.807, 2.05) is 6.92 Å². The molecular formula is C12H20N2O3. The molecule has 0 spiro atoms. The Hall–Kier alpha value is -1.52. The van der Waals surface area contributed by atoms with Crippen molar-refractivity contribution in [1.29, 1.82) is 0 Å². The first-order valence-corrected chi connectivity index (χ1v) is 5.69. The first-order chi connectivity index (χ1) is 7.77. The van der Waals surface area contributed by atoms with E-state index in [4.69, 9.17) is 4.74 Å². The standard InChI is InChI=1S/C12H20N2O3/c1-7(2)17-11(15)10-8(3)13(5)12(16)14(6)9(10)4/h7-8H,1-6H3.